The molecular formula is C24H45BrN2. The van der Waals surface area contributed by atoms with Crippen LogP contribution in [0.4, 0.5) is 0 Å². The topological polar surface area (TPSA) is 17.8 Å². The minimum atomic E-state index is 0. The van der Waals surface area contributed by atoms with Gasteiger partial charge in [-0.05, 0) is 25.2 Å². The molecule has 0 aromatic carbocycles. The summed E-state index contributed by atoms with van der Waals surface area (Å²) in [6.07, 6.45) is 26.8. The van der Waals surface area contributed by atoms with Gasteiger partial charge in [0.05, 0.1) is 0 Å². The molecule has 1 heterocycles. The molecule has 1 saturated carbocycles. The van der Waals surface area contributed by atoms with Crippen LogP contribution in [0.1, 0.15) is 128 Å². The molecule has 3 heteroatoms. The number of imidazole rings is 1. The summed E-state index contributed by atoms with van der Waals surface area (Å²) < 4.78 is 2.46. The highest BCUT2D eigenvalue weighted by Crippen LogP contribution is 2.35. The van der Waals surface area contributed by atoms with Crippen molar-refractivity contribution >= 4 is 17.0 Å². The van der Waals surface area contributed by atoms with E-state index in [0.29, 0.717) is 5.92 Å². The van der Waals surface area contributed by atoms with Crippen molar-refractivity contribution in [2.24, 2.45) is 5.92 Å². The Kier molecular flexibility index (Phi) is 14.3. The molecule has 2 nitrogen and oxygen atoms in total. The van der Waals surface area contributed by atoms with Crippen LogP contribution < -0.4 is 0 Å². The van der Waals surface area contributed by atoms with Gasteiger partial charge in [-0.25, -0.2) is 4.98 Å². The van der Waals surface area contributed by atoms with Gasteiger partial charge < -0.3 is 4.57 Å². The molecule has 2 rings (SSSR count). The Bertz CT molecular complexity index is 457. The Morgan fingerprint density at radius 1 is 0.889 bits per heavy atom. The van der Waals surface area contributed by atoms with Crippen LogP contribution in [-0.2, 0) is 6.54 Å². The van der Waals surface area contributed by atoms with E-state index in [4.69, 9.17) is 4.98 Å². The van der Waals surface area contributed by atoms with E-state index in [1.54, 1.807) is 0 Å². The summed E-state index contributed by atoms with van der Waals surface area (Å²) in [5, 5.41) is 0. The molecule has 0 bridgehead atoms. The number of unbranched alkanes of at least 4 members (excludes halogenated alkanes) is 11. The highest BCUT2D eigenvalue weighted by molar-refractivity contribution is 8.93. The highest BCUT2D eigenvalue weighted by atomic mass is 79.9. The van der Waals surface area contributed by atoms with Crippen molar-refractivity contribution in [2.75, 3.05) is 0 Å². The molecule has 0 N–H and O–H groups in total. The summed E-state index contributed by atoms with van der Waals surface area (Å²) in [5.74, 6) is 2.97. The molecule has 158 valence electrons. The maximum atomic E-state index is 4.71. The number of aromatic nitrogens is 2. The molecule has 2 atom stereocenters. The zero-order chi connectivity index (χ0) is 18.5. The van der Waals surface area contributed by atoms with Crippen LogP contribution in [0, 0.1) is 5.92 Å². The predicted molar refractivity (Wildman–Crippen MR) is 124 cm³/mol. The van der Waals surface area contributed by atoms with Crippen LogP contribution in [0.3, 0.4) is 0 Å². The SMILES string of the molecule is Br.CCCCCCCCCCCCCCn1ccnc1C1CCCC(C)C1. The van der Waals surface area contributed by atoms with Gasteiger partial charge in [0.15, 0.2) is 0 Å². The first-order valence-electron chi connectivity index (χ1n) is 11.8. The van der Waals surface area contributed by atoms with Crippen molar-refractivity contribution in [1.82, 2.24) is 9.55 Å². The third-order valence-electron chi connectivity index (χ3n) is 6.30. The largest absolute Gasteiger partial charge is 0.335 e. The molecule has 2 unspecified atom stereocenters. The Hall–Kier alpha value is -0.310. The molecule has 0 spiro atoms. The van der Waals surface area contributed by atoms with Crippen LogP contribution in [0.15, 0.2) is 12.4 Å². The first kappa shape index (κ1) is 24.7. The predicted octanol–water partition coefficient (Wildman–Crippen LogP) is 8.46. The van der Waals surface area contributed by atoms with Gasteiger partial charge in [-0.1, -0.05) is 97.3 Å². The standard InChI is InChI=1S/C24H44N2.BrH/c1-3-4-5-6-7-8-9-10-11-12-13-14-19-26-20-18-25-24(26)23-17-15-16-22(2)21-23;/h18,20,22-23H,3-17,19,21H2,1-2H3;1H. The van der Waals surface area contributed by atoms with Crippen LogP contribution in [0.25, 0.3) is 0 Å². The number of rotatable bonds is 14. The van der Waals surface area contributed by atoms with Crippen molar-refractivity contribution in [1.29, 1.82) is 0 Å². The lowest BCUT2D eigenvalue weighted by molar-refractivity contribution is 0.328. The molecule has 1 aliphatic carbocycles. The minimum Gasteiger partial charge on any atom is -0.335 e. The smallest absolute Gasteiger partial charge is 0.111 e. The number of hydrogen-bond acceptors (Lipinski definition) is 1. The maximum Gasteiger partial charge on any atom is 0.111 e. The van der Waals surface area contributed by atoms with E-state index in [9.17, 15) is 0 Å². The van der Waals surface area contributed by atoms with E-state index in [1.165, 1.54) is 115 Å². The third-order valence-corrected chi connectivity index (χ3v) is 6.30. The zero-order valence-electron chi connectivity index (χ0n) is 18.1. The monoisotopic (exact) mass is 440 g/mol. The van der Waals surface area contributed by atoms with E-state index in [0.717, 1.165) is 5.92 Å². The summed E-state index contributed by atoms with van der Waals surface area (Å²) in [6, 6.07) is 0. The van der Waals surface area contributed by atoms with Crippen molar-refractivity contribution in [3.63, 3.8) is 0 Å². The second-order valence-electron chi connectivity index (χ2n) is 8.84. The second-order valence-corrected chi connectivity index (χ2v) is 8.84. The van der Waals surface area contributed by atoms with Crippen molar-refractivity contribution in [3.8, 4) is 0 Å². The average molecular weight is 442 g/mol. The average Bonchev–Trinajstić information content (AvgIpc) is 3.11. The van der Waals surface area contributed by atoms with E-state index in [-0.39, 0.29) is 17.0 Å². The van der Waals surface area contributed by atoms with Gasteiger partial charge in [0, 0.05) is 24.9 Å². The lowest BCUT2D eigenvalue weighted by atomic mass is 9.82. The lowest BCUT2D eigenvalue weighted by Crippen LogP contribution is -2.16. The molecular weight excluding hydrogens is 396 g/mol. The van der Waals surface area contributed by atoms with E-state index >= 15 is 0 Å². The highest BCUT2D eigenvalue weighted by Gasteiger charge is 2.23. The molecule has 0 radical (unpaired) electrons. The van der Waals surface area contributed by atoms with Gasteiger partial charge in [-0.2, -0.15) is 0 Å². The molecule has 1 aromatic rings. The molecule has 1 aliphatic rings. The first-order chi connectivity index (χ1) is 12.8. The number of aryl methyl sites for hydroxylation is 1. The quantitative estimate of drug-likeness (QED) is 0.265. The summed E-state index contributed by atoms with van der Waals surface area (Å²) >= 11 is 0. The Morgan fingerprint density at radius 2 is 1.48 bits per heavy atom. The first-order valence-corrected chi connectivity index (χ1v) is 11.8. The van der Waals surface area contributed by atoms with E-state index in [2.05, 4.69) is 24.6 Å². The van der Waals surface area contributed by atoms with Gasteiger partial charge in [0.25, 0.3) is 0 Å². The summed E-state index contributed by atoms with van der Waals surface area (Å²) in [7, 11) is 0. The number of nitrogens with zero attached hydrogens (tertiary/aromatic N) is 2. The van der Waals surface area contributed by atoms with Gasteiger partial charge in [0.1, 0.15) is 5.82 Å². The van der Waals surface area contributed by atoms with Gasteiger partial charge in [-0.15, -0.1) is 17.0 Å². The van der Waals surface area contributed by atoms with E-state index in [1.807, 2.05) is 6.20 Å². The van der Waals surface area contributed by atoms with Crippen LogP contribution >= 0.6 is 17.0 Å². The minimum absolute atomic E-state index is 0. The van der Waals surface area contributed by atoms with Crippen LogP contribution in [0.5, 0.6) is 0 Å². The summed E-state index contributed by atoms with van der Waals surface area (Å²) in [5.41, 5.74) is 0. The fraction of sp³-hybridized carbons (Fsp3) is 0.875. The fourth-order valence-corrected chi connectivity index (χ4v) is 4.66. The molecule has 27 heavy (non-hydrogen) atoms. The Labute approximate surface area is 179 Å². The Balaban J connectivity index is 0.00000364. The summed E-state index contributed by atoms with van der Waals surface area (Å²) in [4.78, 5) is 4.71. The normalized spacial score (nSPS) is 19.8. The van der Waals surface area contributed by atoms with E-state index < -0.39 is 0 Å². The van der Waals surface area contributed by atoms with Crippen molar-refractivity contribution < 1.29 is 0 Å². The molecule has 0 amide bonds. The van der Waals surface area contributed by atoms with Crippen LogP contribution in [-0.4, -0.2) is 9.55 Å². The van der Waals surface area contributed by atoms with Crippen molar-refractivity contribution in [2.45, 2.75) is 129 Å². The third kappa shape index (κ3) is 10.1. The second kappa shape index (κ2) is 15.6. The lowest BCUT2D eigenvalue weighted by Gasteiger charge is -2.26. The number of hydrogen-bond donors (Lipinski definition) is 0. The fourth-order valence-electron chi connectivity index (χ4n) is 4.66. The number of halogens is 1. The van der Waals surface area contributed by atoms with Crippen molar-refractivity contribution in [3.05, 3.63) is 18.2 Å². The molecule has 0 saturated heterocycles. The maximum absolute atomic E-state index is 4.71. The van der Waals surface area contributed by atoms with Gasteiger partial charge in [0.2, 0.25) is 0 Å². The Morgan fingerprint density at radius 3 is 2.07 bits per heavy atom. The summed E-state index contributed by atoms with van der Waals surface area (Å²) in [6.45, 7) is 5.88. The zero-order valence-corrected chi connectivity index (χ0v) is 19.8. The molecule has 0 aliphatic heterocycles. The van der Waals surface area contributed by atoms with Crippen LogP contribution in [0.2, 0.25) is 0 Å². The van der Waals surface area contributed by atoms with Gasteiger partial charge in [-0.3, -0.25) is 0 Å². The molecule has 1 fully saturated rings. The van der Waals surface area contributed by atoms with Gasteiger partial charge >= 0.3 is 0 Å². The molecule has 1 aromatic heterocycles.